The lowest BCUT2D eigenvalue weighted by atomic mass is 10.1. The largest absolute Gasteiger partial charge is 0.497 e. The van der Waals surface area contributed by atoms with E-state index in [4.69, 9.17) is 14.2 Å². The molecule has 1 unspecified atom stereocenters. The van der Waals surface area contributed by atoms with Gasteiger partial charge in [0.15, 0.2) is 0 Å². The summed E-state index contributed by atoms with van der Waals surface area (Å²) in [6.45, 7) is 4.25. The Hall–Kier alpha value is -2.24. The lowest BCUT2D eigenvalue weighted by molar-refractivity contribution is -0.147. The first-order chi connectivity index (χ1) is 11.5. The molecule has 0 heterocycles. The van der Waals surface area contributed by atoms with E-state index in [9.17, 15) is 9.59 Å². The van der Waals surface area contributed by atoms with Gasteiger partial charge in [0, 0.05) is 24.2 Å². The van der Waals surface area contributed by atoms with E-state index in [0.29, 0.717) is 30.2 Å². The number of carbonyl (C=O) groups excluding carboxylic acids is 2. The zero-order valence-electron chi connectivity index (χ0n) is 14.7. The Labute approximate surface area is 142 Å². The molecule has 0 spiro atoms. The van der Waals surface area contributed by atoms with Crippen LogP contribution < -0.4 is 9.47 Å². The zero-order valence-corrected chi connectivity index (χ0v) is 14.7. The van der Waals surface area contributed by atoms with Gasteiger partial charge in [-0.05, 0) is 31.9 Å². The van der Waals surface area contributed by atoms with Crippen LogP contribution in [0, 0.1) is 5.92 Å². The summed E-state index contributed by atoms with van der Waals surface area (Å²) in [5.41, 5.74) is 0.495. The minimum Gasteiger partial charge on any atom is -0.497 e. The van der Waals surface area contributed by atoms with Crippen molar-refractivity contribution in [3.05, 3.63) is 23.8 Å². The molecule has 0 bridgehead atoms. The van der Waals surface area contributed by atoms with Crippen molar-refractivity contribution >= 4 is 11.9 Å². The van der Waals surface area contributed by atoms with Crippen molar-refractivity contribution < 1.29 is 23.8 Å². The highest BCUT2D eigenvalue weighted by Gasteiger charge is 2.35. The molecular formula is C18H25NO5. The number of ether oxygens (including phenoxy) is 3. The maximum atomic E-state index is 12.9. The van der Waals surface area contributed by atoms with E-state index in [1.807, 2.05) is 0 Å². The summed E-state index contributed by atoms with van der Waals surface area (Å²) >= 11 is 0. The summed E-state index contributed by atoms with van der Waals surface area (Å²) in [4.78, 5) is 26.6. The molecule has 6 heteroatoms. The fourth-order valence-electron chi connectivity index (χ4n) is 2.53. The Morgan fingerprint density at radius 3 is 2.21 bits per heavy atom. The normalized spacial score (nSPS) is 14.7. The van der Waals surface area contributed by atoms with Crippen LogP contribution in [0.2, 0.25) is 0 Å². The Kier molecular flexibility index (Phi) is 6.06. The molecule has 0 aliphatic heterocycles. The van der Waals surface area contributed by atoms with Crippen LogP contribution in [0.5, 0.6) is 11.5 Å². The second kappa shape index (κ2) is 8.04. The number of amides is 1. The molecule has 0 saturated heterocycles. The molecule has 1 aromatic carbocycles. The minimum absolute atomic E-state index is 0.120. The molecule has 0 radical (unpaired) electrons. The van der Waals surface area contributed by atoms with Crippen molar-refractivity contribution in [2.75, 3.05) is 27.4 Å². The molecule has 1 fully saturated rings. The van der Waals surface area contributed by atoms with E-state index in [0.717, 1.165) is 12.8 Å². The molecule has 1 aliphatic carbocycles. The number of nitrogens with zero attached hydrogens (tertiary/aromatic N) is 1. The van der Waals surface area contributed by atoms with Crippen molar-refractivity contribution in [3.8, 4) is 11.5 Å². The van der Waals surface area contributed by atoms with E-state index in [1.165, 1.54) is 0 Å². The van der Waals surface area contributed by atoms with Crippen molar-refractivity contribution in [2.24, 2.45) is 5.92 Å². The molecule has 2 rings (SSSR count). The van der Waals surface area contributed by atoms with Gasteiger partial charge in [-0.1, -0.05) is 6.92 Å². The average molecular weight is 335 g/mol. The second-order valence-electron chi connectivity index (χ2n) is 5.94. The van der Waals surface area contributed by atoms with Gasteiger partial charge in [0.25, 0.3) is 5.91 Å². The second-order valence-corrected chi connectivity index (χ2v) is 5.94. The summed E-state index contributed by atoms with van der Waals surface area (Å²) in [6.07, 6.45) is 1.92. The van der Waals surface area contributed by atoms with Crippen LogP contribution >= 0.6 is 0 Å². The van der Waals surface area contributed by atoms with Crippen LogP contribution in [0.4, 0.5) is 0 Å². The average Bonchev–Trinajstić information content (AvgIpc) is 3.43. The summed E-state index contributed by atoms with van der Waals surface area (Å²) in [6, 6.07) is 5.29. The van der Waals surface area contributed by atoms with E-state index in [2.05, 4.69) is 0 Å². The first-order valence-electron chi connectivity index (χ1n) is 8.20. The topological polar surface area (TPSA) is 65.1 Å². The Balaban J connectivity index is 2.19. The van der Waals surface area contributed by atoms with Crippen LogP contribution in [0.15, 0.2) is 18.2 Å². The molecule has 6 nitrogen and oxygen atoms in total. The van der Waals surface area contributed by atoms with Gasteiger partial charge in [-0.2, -0.15) is 0 Å². The number of hydrogen-bond donors (Lipinski definition) is 0. The molecule has 0 aromatic heterocycles. The monoisotopic (exact) mass is 335 g/mol. The van der Waals surface area contributed by atoms with Crippen LogP contribution in [0.1, 0.15) is 37.0 Å². The molecule has 1 aliphatic rings. The van der Waals surface area contributed by atoms with E-state index in [1.54, 1.807) is 51.2 Å². The highest BCUT2D eigenvalue weighted by Crippen LogP contribution is 2.31. The van der Waals surface area contributed by atoms with Crippen molar-refractivity contribution in [1.29, 1.82) is 0 Å². The standard InChI is InChI=1S/C18H25NO5/c1-5-24-18(21)12(2)11-19(14-6-7-14)17(20)13-8-15(22-3)10-16(9-13)23-4/h8-10,12,14H,5-7,11H2,1-4H3. The number of rotatable bonds is 8. The Morgan fingerprint density at radius 1 is 1.17 bits per heavy atom. The third kappa shape index (κ3) is 4.40. The van der Waals surface area contributed by atoms with Gasteiger partial charge in [-0.3, -0.25) is 9.59 Å². The number of methoxy groups -OCH3 is 2. The van der Waals surface area contributed by atoms with Crippen molar-refractivity contribution in [1.82, 2.24) is 4.90 Å². The van der Waals surface area contributed by atoms with Crippen molar-refractivity contribution in [3.63, 3.8) is 0 Å². The smallest absolute Gasteiger partial charge is 0.310 e. The minimum atomic E-state index is -0.359. The predicted molar refractivity (Wildman–Crippen MR) is 89.4 cm³/mol. The van der Waals surface area contributed by atoms with Crippen molar-refractivity contribution in [2.45, 2.75) is 32.7 Å². The van der Waals surface area contributed by atoms with Gasteiger partial charge in [-0.15, -0.1) is 0 Å². The Morgan fingerprint density at radius 2 is 1.75 bits per heavy atom. The summed E-state index contributed by atoms with van der Waals surface area (Å²) in [5, 5.41) is 0. The lowest BCUT2D eigenvalue weighted by Gasteiger charge is -2.25. The third-order valence-electron chi connectivity index (χ3n) is 4.01. The highest BCUT2D eigenvalue weighted by molar-refractivity contribution is 5.95. The first kappa shape index (κ1) is 18.1. The predicted octanol–water partition coefficient (Wildman–Crippen LogP) is 2.51. The molecule has 1 aromatic rings. The third-order valence-corrected chi connectivity index (χ3v) is 4.01. The molecule has 1 amide bonds. The van der Waals surface area contributed by atoms with Gasteiger partial charge in [0.2, 0.25) is 0 Å². The van der Waals surface area contributed by atoms with Crippen LogP contribution in [0.3, 0.4) is 0 Å². The SMILES string of the molecule is CCOC(=O)C(C)CN(C(=O)c1cc(OC)cc(OC)c1)C1CC1. The van der Waals surface area contributed by atoms with Gasteiger partial charge in [-0.25, -0.2) is 0 Å². The summed E-state index contributed by atoms with van der Waals surface area (Å²) in [7, 11) is 3.09. The number of carbonyl (C=O) groups is 2. The fourth-order valence-corrected chi connectivity index (χ4v) is 2.53. The lowest BCUT2D eigenvalue weighted by Crippen LogP contribution is -2.39. The quantitative estimate of drug-likeness (QED) is 0.683. The van der Waals surface area contributed by atoms with E-state index in [-0.39, 0.29) is 23.8 Å². The van der Waals surface area contributed by atoms with E-state index >= 15 is 0 Å². The molecule has 24 heavy (non-hydrogen) atoms. The number of benzene rings is 1. The van der Waals surface area contributed by atoms with Gasteiger partial charge >= 0.3 is 5.97 Å². The Bertz CT molecular complexity index is 575. The molecule has 0 N–H and O–H groups in total. The fraction of sp³-hybridized carbons (Fsp3) is 0.556. The van der Waals surface area contributed by atoms with Gasteiger partial charge < -0.3 is 19.1 Å². The molecule has 1 saturated carbocycles. The maximum absolute atomic E-state index is 12.9. The van der Waals surface area contributed by atoms with Crippen LogP contribution in [-0.4, -0.2) is 50.2 Å². The van der Waals surface area contributed by atoms with Gasteiger partial charge in [0.05, 0.1) is 26.7 Å². The molecule has 132 valence electrons. The first-order valence-corrected chi connectivity index (χ1v) is 8.20. The maximum Gasteiger partial charge on any atom is 0.310 e. The van der Waals surface area contributed by atoms with Gasteiger partial charge in [0.1, 0.15) is 11.5 Å². The highest BCUT2D eigenvalue weighted by atomic mass is 16.5. The molecule has 1 atom stereocenters. The number of esters is 1. The van der Waals surface area contributed by atoms with Crippen LogP contribution in [-0.2, 0) is 9.53 Å². The molecular weight excluding hydrogens is 310 g/mol. The zero-order chi connectivity index (χ0) is 17.7. The van der Waals surface area contributed by atoms with E-state index < -0.39 is 0 Å². The number of hydrogen-bond acceptors (Lipinski definition) is 5. The van der Waals surface area contributed by atoms with Crippen LogP contribution in [0.25, 0.3) is 0 Å². The summed E-state index contributed by atoms with van der Waals surface area (Å²) in [5.74, 6) is 0.366. The summed E-state index contributed by atoms with van der Waals surface area (Å²) < 4.78 is 15.5.